The first kappa shape index (κ1) is 16.3. The molecule has 0 amide bonds. The van der Waals surface area contributed by atoms with Crippen LogP contribution in [0.3, 0.4) is 0 Å². The molecule has 0 fully saturated rings. The maximum Gasteiger partial charge on any atom is 0.193 e. The number of rotatable bonds is 5. The Labute approximate surface area is 138 Å². The van der Waals surface area contributed by atoms with Crippen LogP contribution < -0.4 is 5.32 Å². The fraction of sp³-hybridized carbons (Fsp3) is 0.429. The minimum atomic E-state index is 0.799. The van der Waals surface area contributed by atoms with Crippen molar-refractivity contribution in [2.75, 3.05) is 20.6 Å². The maximum absolute atomic E-state index is 5.96. The molecule has 4 nitrogen and oxygen atoms in total. The van der Waals surface area contributed by atoms with E-state index in [1.807, 2.05) is 19.3 Å². The van der Waals surface area contributed by atoms with Gasteiger partial charge in [0, 0.05) is 43.0 Å². The number of hydrogen-bond acceptors (Lipinski definition) is 4. The number of guanidine groups is 1. The highest BCUT2D eigenvalue weighted by Gasteiger charge is 2.08. The number of aliphatic imine (C=N–C) groups is 1. The van der Waals surface area contributed by atoms with E-state index >= 15 is 0 Å². The fourth-order valence-electron chi connectivity index (χ4n) is 1.93. The third-order valence-electron chi connectivity index (χ3n) is 2.89. The van der Waals surface area contributed by atoms with E-state index in [0.29, 0.717) is 0 Å². The zero-order valence-corrected chi connectivity index (χ0v) is 14.8. The molecule has 2 heterocycles. The number of halogens is 1. The molecule has 7 heteroatoms. The van der Waals surface area contributed by atoms with Crippen LogP contribution in [0.4, 0.5) is 0 Å². The molecule has 0 saturated carbocycles. The number of nitrogens with zero attached hydrogens (tertiary/aromatic N) is 3. The van der Waals surface area contributed by atoms with Gasteiger partial charge >= 0.3 is 0 Å². The van der Waals surface area contributed by atoms with Gasteiger partial charge in [0.25, 0.3) is 0 Å². The Bertz CT molecular complexity index is 606. The summed E-state index contributed by atoms with van der Waals surface area (Å²) in [5.41, 5.74) is 0. The molecule has 114 valence electrons. The number of hydrogen-bond donors (Lipinski definition) is 1. The van der Waals surface area contributed by atoms with Crippen LogP contribution in [0.25, 0.3) is 0 Å². The lowest BCUT2D eigenvalue weighted by Gasteiger charge is -2.21. The summed E-state index contributed by atoms with van der Waals surface area (Å²) in [5.74, 6) is 0.882. The van der Waals surface area contributed by atoms with Crippen molar-refractivity contribution in [3.63, 3.8) is 0 Å². The van der Waals surface area contributed by atoms with Gasteiger partial charge in [0.15, 0.2) is 5.96 Å². The molecule has 0 saturated heterocycles. The number of thiophene rings is 1. The maximum atomic E-state index is 5.96. The van der Waals surface area contributed by atoms with Crippen molar-refractivity contribution in [3.05, 3.63) is 37.4 Å². The van der Waals surface area contributed by atoms with Crippen molar-refractivity contribution in [1.82, 2.24) is 15.2 Å². The number of aromatic nitrogens is 1. The molecule has 0 bridgehead atoms. The standard InChI is InChI=1S/C14H19ClN4S2/c1-10-8-18-13(20-10)6-7-17-14(16-2)19(3)9-11-4-5-12(15)21-11/h4-5,8H,6-7,9H2,1-3H3,(H,16,17). The average molecular weight is 343 g/mol. The molecule has 0 unspecified atom stereocenters. The molecule has 21 heavy (non-hydrogen) atoms. The van der Waals surface area contributed by atoms with Gasteiger partial charge in [-0.3, -0.25) is 4.99 Å². The topological polar surface area (TPSA) is 40.5 Å². The fourth-order valence-corrected chi connectivity index (χ4v) is 3.86. The Morgan fingerprint density at radius 3 is 2.81 bits per heavy atom. The lowest BCUT2D eigenvalue weighted by molar-refractivity contribution is 0.482. The molecule has 2 aromatic heterocycles. The molecular weight excluding hydrogens is 324 g/mol. The summed E-state index contributed by atoms with van der Waals surface area (Å²) in [7, 11) is 3.82. The van der Waals surface area contributed by atoms with Gasteiger partial charge in [-0.15, -0.1) is 22.7 Å². The van der Waals surface area contributed by atoms with Crippen molar-refractivity contribution in [3.8, 4) is 0 Å². The minimum absolute atomic E-state index is 0.799. The van der Waals surface area contributed by atoms with Gasteiger partial charge < -0.3 is 10.2 Å². The average Bonchev–Trinajstić information content (AvgIpc) is 3.03. The second-order valence-corrected chi connectivity index (χ2v) is 7.77. The summed E-state index contributed by atoms with van der Waals surface area (Å²) in [5, 5.41) is 4.52. The van der Waals surface area contributed by atoms with Gasteiger partial charge in [0.05, 0.1) is 15.9 Å². The Balaban J connectivity index is 1.82. The van der Waals surface area contributed by atoms with E-state index in [-0.39, 0.29) is 0 Å². The van der Waals surface area contributed by atoms with Crippen LogP contribution in [0, 0.1) is 6.92 Å². The van der Waals surface area contributed by atoms with E-state index in [1.54, 1.807) is 29.7 Å². The molecule has 0 radical (unpaired) electrons. The Morgan fingerprint density at radius 2 is 2.24 bits per heavy atom. The van der Waals surface area contributed by atoms with Gasteiger partial charge in [-0.25, -0.2) is 4.98 Å². The molecule has 1 N–H and O–H groups in total. The zero-order chi connectivity index (χ0) is 15.2. The van der Waals surface area contributed by atoms with Gasteiger partial charge in [0.1, 0.15) is 0 Å². The predicted molar refractivity (Wildman–Crippen MR) is 92.7 cm³/mol. The van der Waals surface area contributed by atoms with Gasteiger partial charge in [-0.05, 0) is 19.1 Å². The van der Waals surface area contributed by atoms with Crippen LogP contribution >= 0.6 is 34.3 Å². The lowest BCUT2D eigenvalue weighted by atomic mass is 10.4. The highest BCUT2D eigenvalue weighted by Crippen LogP contribution is 2.22. The minimum Gasteiger partial charge on any atom is -0.356 e. The van der Waals surface area contributed by atoms with E-state index in [1.165, 1.54) is 9.75 Å². The second-order valence-electron chi connectivity index (χ2n) is 4.65. The summed E-state index contributed by atoms with van der Waals surface area (Å²) in [6.07, 6.45) is 2.83. The van der Waals surface area contributed by atoms with Crippen molar-refractivity contribution < 1.29 is 0 Å². The molecule has 2 rings (SSSR count). The first-order valence-corrected chi connectivity index (χ1v) is 8.67. The molecule has 0 aliphatic carbocycles. The van der Waals surface area contributed by atoms with E-state index < -0.39 is 0 Å². The lowest BCUT2D eigenvalue weighted by Crippen LogP contribution is -2.39. The van der Waals surface area contributed by atoms with Crippen LogP contribution in [0.2, 0.25) is 4.34 Å². The van der Waals surface area contributed by atoms with Gasteiger partial charge in [0.2, 0.25) is 0 Å². The Kier molecular flexibility index (Phi) is 6.02. The van der Waals surface area contributed by atoms with E-state index in [4.69, 9.17) is 11.6 Å². The first-order valence-electron chi connectivity index (χ1n) is 6.66. The molecule has 0 spiro atoms. The smallest absolute Gasteiger partial charge is 0.193 e. The van der Waals surface area contributed by atoms with E-state index in [9.17, 15) is 0 Å². The van der Waals surface area contributed by atoms with Gasteiger partial charge in [-0.2, -0.15) is 0 Å². The summed E-state index contributed by atoms with van der Waals surface area (Å²) < 4.78 is 0.820. The molecule has 2 aromatic rings. The summed E-state index contributed by atoms with van der Waals surface area (Å²) in [4.78, 5) is 13.2. The molecule has 0 aromatic carbocycles. The molecule has 0 aliphatic rings. The zero-order valence-electron chi connectivity index (χ0n) is 12.4. The Morgan fingerprint density at radius 1 is 1.43 bits per heavy atom. The van der Waals surface area contributed by atoms with Crippen molar-refractivity contribution >= 4 is 40.2 Å². The molecular formula is C14H19ClN4S2. The number of thiazole rings is 1. The SMILES string of the molecule is CN=C(NCCc1ncc(C)s1)N(C)Cc1ccc(Cl)s1. The number of aryl methyl sites for hydroxylation is 1. The van der Waals surface area contributed by atoms with Gasteiger partial charge in [-0.1, -0.05) is 11.6 Å². The monoisotopic (exact) mass is 342 g/mol. The summed E-state index contributed by atoms with van der Waals surface area (Å²) >= 11 is 9.30. The molecule has 0 aliphatic heterocycles. The predicted octanol–water partition coefficient (Wildman–Crippen LogP) is 3.42. The van der Waals surface area contributed by atoms with Crippen molar-refractivity contribution in [1.29, 1.82) is 0 Å². The largest absolute Gasteiger partial charge is 0.356 e. The van der Waals surface area contributed by atoms with E-state index in [0.717, 1.165) is 34.8 Å². The first-order chi connectivity index (χ1) is 10.1. The normalized spacial score (nSPS) is 11.7. The van der Waals surface area contributed by atoms with Crippen LogP contribution in [-0.2, 0) is 13.0 Å². The van der Waals surface area contributed by atoms with E-state index in [2.05, 4.69) is 33.2 Å². The molecule has 0 atom stereocenters. The third-order valence-corrected chi connectivity index (χ3v) is 5.07. The van der Waals surface area contributed by atoms with Crippen LogP contribution in [0.5, 0.6) is 0 Å². The second kappa shape index (κ2) is 7.77. The van der Waals surface area contributed by atoms with Crippen LogP contribution in [0.15, 0.2) is 23.3 Å². The third kappa shape index (κ3) is 4.98. The summed E-state index contributed by atoms with van der Waals surface area (Å²) in [6.45, 7) is 3.70. The van der Waals surface area contributed by atoms with Crippen molar-refractivity contribution in [2.45, 2.75) is 19.9 Å². The summed E-state index contributed by atoms with van der Waals surface area (Å²) in [6, 6.07) is 3.98. The quantitative estimate of drug-likeness (QED) is 0.668. The highest BCUT2D eigenvalue weighted by atomic mass is 35.5. The Hall–Kier alpha value is -1.11. The van der Waals surface area contributed by atoms with Crippen LogP contribution in [-0.4, -0.2) is 36.5 Å². The highest BCUT2D eigenvalue weighted by molar-refractivity contribution is 7.16. The number of nitrogens with one attached hydrogen (secondary N) is 1. The van der Waals surface area contributed by atoms with Crippen LogP contribution in [0.1, 0.15) is 14.8 Å². The van der Waals surface area contributed by atoms with Crippen molar-refractivity contribution in [2.24, 2.45) is 4.99 Å².